The zero-order valence-electron chi connectivity index (χ0n) is 11.3. The van der Waals surface area contributed by atoms with Crippen LogP contribution in [-0.4, -0.2) is 29.9 Å². The Balaban J connectivity index is 2.24. The summed E-state index contributed by atoms with van der Waals surface area (Å²) < 4.78 is 29.7. The zero-order valence-corrected chi connectivity index (χ0v) is 12.8. The smallest absolute Gasteiger partial charge is 0.413 e. The molecule has 1 aliphatic heterocycles. The van der Waals surface area contributed by atoms with Gasteiger partial charge in [-0.3, -0.25) is 5.32 Å². The highest BCUT2D eigenvalue weighted by molar-refractivity contribution is 9.10. The van der Waals surface area contributed by atoms with Crippen molar-refractivity contribution >= 4 is 27.8 Å². The van der Waals surface area contributed by atoms with Gasteiger partial charge < -0.3 is 14.2 Å². The SMILES string of the molecule is CC(C)(C)OC(=O)Nc1nc2c(c(Br)c1F)OCCO2. The maximum Gasteiger partial charge on any atom is 0.413 e. The summed E-state index contributed by atoms with van der Waals surface area (Å²) in [6, 6.07) is 0. The fourth-order valence-corrected chi connectivity index (χ4v) is 1.96. The Kier molecular flexibility index (Phi) is 4.03. The van der Waals surface area contributed by atoms with Crippen LogP contribution in [-0.2, 0) is 4.74 Å². The molecule has 1 aromatic heterocycles. The van der Waals surface area contributed by atoms with E-state index in [9.17, 15) is 9.18 Å². The molecular formula is C12H14BrFN2O4. The number of aromatic nitrogens is 1. The molecule has 20 heavy (non-hydrogen) atoms. The van der Waals surface area contributed by atoms with Gasteiger partial charge in [0.05, 0.1) is 0 Å². The molecule has 0 saturated carbocycles. The molecule has 2 rings (SSSR count). The Hall–Kier alpha value is -1.57. The standard InChI is InChI=1S/C12H14BrFN2O4/c1-12(2,3)20-11(17)16-9-7(14)6(13)8-10(15-9)19-5-4-18-8/h4-5H2,1-3H3,(H,15,16,17). The number of halogens is 2. The normalized spacial score (nSPS) is 13.8. The fourth-order valence-electron chi connectivity index (χ4n) is 1.49. The van der Waals surface area contributed by atoms with Gasteiger partial charge in [-0.05, 0) is 36.7 Å². The first-order valence-electron chi connectivity index (χ1n) is 5.92. The van der Waals surface area contributed by atoms with Gasteiger partial charge in [0.25, 0.3) is 5.88 Å². The molecule has 0 spiro atoms. The molecule has 0 radical (unpaired) electrons. The van der Waals surface area contributed by atoms with Crippen LogP contribution in [0.5, 0.6) is 11.6 Å². The summed E-state index contributed by atoms with van der Waals surface area (Å²) in [4.78, 5) is 15.5. The molecule has 1 amide bonds. The molecule has 1 aliphatic rings. The molecule has 1 N–H and O–H groups in total. The van der Waals surface area contributed by atoms with Crippen LogP contribution in [0.4, 0.5) is 15.0 Å². The Morgan fingerprint density at radius 3 is 2.70 bits per heavy atom. The van der Waals surface area contributed by atoms with Crippen molar-refractivity contribution in [3.05, 3.63) is 10.3 Å². The molecule has 0 aliphatic carbocycles. The predicted octanol–water partition coefficient (Wildman–Crippen LogP) is 3.10. The number of hydrogen-bond acceptors (Lipinski definition) is 5. The molecule has 1 aromatic rings. The summed E-state index contributed by atoms with van der Waals surface area (Å²) in [5, 5.41) is 2.24. The van der Waals surface area contributed by atoms with Gasteiger partial charge in [0.15, 0.2) is 17.4 Å². The summed E-state index contributed by atoms with van der Waals surface area (Å²) in [6.45, 7) is 5.73. The first-order chi connectivity index (χ1) is 9.28. The van der Waals surface area contributed by atoms with Crippen molar-refractivity contribution in [2.24, 2.45) is 0 Å². The lowest BCUT2D eigenvalue weighted by atomic mass is 10.2. The lowest BCUT2D eigenvalue weighted by molar-refractivity contribution is 0.0634. The second-order valence-corrected chi connectivity index (χ2v) is 5.84. The van der Waals surface area contributed by atoms with E-state index in [1.165, 1.54) is 0 Å². The van der Waals surface area contributed by atoms with Gasteiger partial charge in [-0.1, -0.05) is 0 Å². The summed E-state index contributed by atoms with van der Waals surface area (Å²) in [7, 11) is 0. The van der Waals surface area contributed by atoms with E-state index in [1.807, 2.05) is 0 Å². The molecular weight excluding hydrogens is 335 g/mol. The maximum absolute atomic E-state index is 14.1. The second kappa shape index (κ2) is 5.43. The van der Waals surface area contributed by atoms with Crippen molar-refractivity contribution in [3.8, 4) is 11.6 Å². The van der Waals surface area contributed by atoms with Crippen LogP contribution in [0.3, 0.4) is 0 Å². The zero-order chi connectivity index (χ0) is 14.9. The van der Waals surface area contributed by atoms with E-state index < -0.39 is 17.5 Å². The number of nitrogens with zero attached hydrogens (tertiary/aromatic N) is 1. The minimum absolute atomic E-state index is 0.0493. The van der Waals surface area contributed by atoms with E-state index >= 15 is 0 Å². The van der Waals surface area contributed by atoms with E-state index in [0.717, 1.165) is 0 Å². The summed E-state index contributed by atoms with van der Waals surface area (Å²) in [5.74, 6) is -0.727. The lowest BCUT2D eigenvalue weighted by Crippen LogP contribution is -2.28. The largest absolute Gasteiger partial charge is 0.483 e. The van der Waals surface area contributed by atoms with E-state index in [4.69, 9.17) is 14.2 Å². The molecule has 8 heteroatoms. The Morgan fingerprint density at radius 1 is 1.40 bits per heavy atom. The van der Waals surface area contributed by atoms with Crippen LogP contribution in [0, 0.1) is 5.82 Å². The van der Waals surface area contributed by atoms with Crippen LogP contribution >= 0.6 is 15.9 Å². The van der Waals surface area contributed by atoms with Gasteiger partial charge in [0.2, 0.25) is 0 Å². The maximum atomic E-state index is 14.1. The van der Waals surface area contributed by atoms with E-state index in [2.05, 4.69) is 26.2 Å². The molecule has 0 aromatic carbocycles. The van der Waals surface area contributed by atoms with Gasteiger partial charge in [-0.2, -0.15) is 4.98 Å². The molecule has 0 fully saturated rings. The van der Waals surface area contributed by atoms with Crippen LogP contribution < -0.4 is 14.8 Å². The molecule has 6 nitrogen and oxygen atoms in total. The van der Waals surface area contributed by atoms with Crippen molar-refractivity contribution in [2.45, 2.75) is 26.4 Å². The number of nitrogens with one attached hydrogen (secondary N) is 1. The van der Waals surface area contributed by atoms with Crippen molar-refractivity contribution < 1.29 is 23.4 Å². The topological polar surface area (TPSA) is 69.7 Å². The first-order valence-corrected chi connectivity index (χ1v) is 6.72. The van der Waals surface area contributed by atoms with Crippen molar-refractivity contribution in [1.82, 2.24) is 4.98 Å². The number of amides is 1. The second-order valence-electron chi connectivity index (χ2n) is 5.05. The number of ether oxygens (including phenoxy) is 3. The average Bonchev–Trinajstić information content (AvgIpc) is 2.33. The summed E-state index contributed by atoms with van der Waals surface area (Å²) in [5.41, 5.74) is -0.689. The number of hydrogen-bond donors (Lipinski definition) is 1. The quantitative estimate of drug-likeness (QED) is 0.844. The Labute approximate surface area is 123 Å². The number of fused-ring (bicyclic) bond motifs is 1. The van der Waals surface area contributed by atoms with E-state index in [-0.39, 0.29) is 21.9 Å². The number of carbonyl (C=O) groups excluding carboxylic acids is 1. The monoisotopic (exact) mass is 348 g/mol. The fraction of sp³-hybridized carbons (Fsp3) is 0.500. The van der Waals surface area contributed by atoms with Crippen LogP contribution in [0.25, 0.3) is 0 Å². The third kappa shape index (κ3) is 3.30. The molecule has 0 unspecified atom stereocenters. The minimum Gasteiger partial charge on any atom is -0.483 e. The van der Waals surface area contributed by atoms with E-state index in [1.54, 1.807) is 20.8 Å². The molecule has 2 heterocycles. The highest BCUT2D eigenvalue weighted by Gasteiger charge is 2.25. The predicted molar refractivity (Wildman–Crippen MR) is 72.7 cm³/mol. The molecule has 0 bridgehead atoms. The van der Waals surface area contributed by atoms with Crippen molar-refractivity contribution in [1.29, 1.82) is 0 Å². The molecule has 0 saturated heterocycles. The molecule has 0 atom stereocenters. The van der Waals surface area contributed by atoms with Gasteiger partial charge >= 0.3 is 6.09 Å². The summed E-state index contributed by atoms with van der Waals surface area (Å²) >= 11 is 3.06. The van der Waals surface area contributed by atoms with Crippen molar-refractivity contribution in [2.75, 3.05) is 18.5 Å². The number of anilines is 1. The van der Waals surface area contributed by atoms with Gasteiger partial charge in [0.1, 0.15) is 23.3 Å². The van der Waals surface area contributed by atoms with Crippen molar-refractivity contribution in [3.63, 3.8) is 0 Å². The number of carbonyl (C=O) groups is 1. The molecule has 110 valence electrons. The van der Waals surface area contributed by atoms with Crippen LogP contribution in [0.2, 0.25) is 0 Å². The lowest BCUT2D eigenvalue weighted by Gasteiger charge is -2.21. The highest BCUT2D eigenvalue weighted by Crippen LogP contribution is 2.40. The average molecular weight is 349 g/mol. The number of pyridine rings is 1. The van der Waals surface area contributed by atoms with Gasteiger partial charge in [0, 0.05) is 0 Å². The first kappa shape index (κ1) is 14.8. The third-order valence-electron chi connectivity index (χ3n) is 2.20. The van der Waals surface area contributed by atoms with Crippen LogP contribution in [0.1, 0.15) is 20.8 Å². The van der Waals surface area contributed by atoms with Gasteiger partial charge in [-0.25, -0.2) is 9.18 Å². The summed E-state index contributed by atoms with van der Waals surface area (Å²) in [6.07, 6.45) is -0.799. The Bertz CT molecular complexity index is 545. The minimum atomic E-state index is -0.799. The van der Waals surface area contributed by atoms with E-state index in [0.29, 0.717) is 13.2 Å². The Morgan fingerprint density at radius 2 is 2.05 bits per heavy atom. The van der Waals surface area contributed by atoms with Gasteiger partial charge in [-0.15, -0.1) is 0 Å². The number of rotatable bonds is 1. The van der Waals surface area contributed by atoms with Crippen LogP contribution in [0.15, 0.2) is 4.47 Å². The highest BCUT2D eigenvalue weighted by atomic mass is 79.9. The third-order valence-corrected chi connectivity index (χ3v) is 2.90.